The number of anilines is 2. The van der Waals surface area contributed by atoms with Crippen LogP contribution in [0.4, 0.5) is 15.8 Å². The first-order valence-electron chi connectivity index (χ1n) is 21.3. The van der Waals surface area contributed by atoms with Crippen molar-refractivity contribution in [2.75, 3.05) is 75.2 Å². The van der Waals surface area contributed by atoms with Gasteiger partial charge in [-0.3, -0.25) is 48.6 Å². The Balaban J connectivity index is 0.753. The van der Waals surface area contributed by atoms with Crippen LogP contribution >= 0.6 is 0 Å². The highest BCUT2D eigenvalue weighted by atomic mass is 19.1. The number of ketones is 1. The van der Waals surface area contributed by atoms with Gasteiger partial charge in [0.1, 0.15) is 23.3 Å². The summed E-state index contributed by atoms with van der Waals surface area (Å²) in [6.07, 6.45) is 8.44. The lowest BCUT2D eigenvalue weighted by Gasteiger charge is -2.39. The van der Waals surface area contributed by atoms with Crippen molar-refractivity contribution in [3.05, 3.63) is 86.6 Å². The van der Waals surface area contributed by atoms with Gasteiger partial charge in [-0.25, -0.2) is 14.4 Å². The fourth-order valence-corrected chi connectivity index (χ4v) is 9.78. The van der Waals surface area contributed by atoms with Crippen LogP contribution in [0.15, 0.2) is 41.5 Å². The maximum absolute atomic E-state index is 15.4. The van der Waals surface area contributed by atoms with Crippen molar-refractivity contribution in [1.29, 1.82) is 0 Å². The smallest absolute Gasteiger partial charge is 0.263 e. The summed E-state index contributed by atoms with van der Waals surface area (Å²) in [5.74, 6) is -1.26. The Hall–Kier alpha value is -5.61. The zero-order valence-electron chi connectivity index (χ0n) is 34.3. The Kier molecular flexibility index (Phi) is 10.9. The second kappa shape index (κ2) is 16.4. The van der Waals surface area contributed by atoms with E-state index in [4.69, 9.17) is 9.97 Å². The number of Topliss-reactive ketones (excluding diaryl/α,β-unsaturated/α-hetero) is 1. The van der Waals surface area contributed by atoms with Crippen LogP contribution < -0.4 is 20.7 Å². The summed E-state index contributed by atoms with van der Waals surface area (Å²) in [5, 5.41) is 3.06. The first-order valence-corrected chi connectivity index (χ1v) is 21.3. The number of benzene rings is 1. The molecule has 3 saturated heterocycles. The Morgan fingerprint density at radius 2 is 1.57 bits per heavy atom. The van der Waals surface area contributed by atoms with Crippen LogP contribution in [0.2, 0.25) is 0 Å². The summed E-state index contributed by atoms with van der Waals surface area (Å²) < 4.78 is 17.2. The first-order chi connectivity index (χ1) is 29.0. The van der Waals surface area contributed by atoms with Crippen molar-refractivity contribution < 1.29 is 23.6 Å². The number of fused-ring (bicyclic) bond motifs is 2. The Morgan fingerprint density at radius 3 is 2.22 bits per heavy atom. The van der Waals surface area contributed by atoms with E-state index in [1.807, 2.05) is 24.1 Å². The van der Waals surface area contributed by atoms with Crippen LogP contribution in [0.3, 0.4) is 0 Å². The molecule has 1 saturated carbocycles. The second-order valence-corrected chi connectivity index (χ2v) is 16.9. The summed E-state index contributed by atoms with van der Waals surface area (Å²) in [7, 11) is 0. The monoisotopic (exact) mass is 818 g/mol. The van der Waals surface area contributed by atoms with Crippen LogP contribution in [-0.4, -0.2) is 129 Å². The predicted molar refractivity (Wildman–Crippen MR) is 223 cm³/mol. The molecule has 3 aromatic heterocycles. The number of nitrogens with zero attached hydrogens (tertiary/aromatic N) is 9. The van der Waals surface area contributed by atoms with Crippen molar-refractivity contribution in [2.45, 2.75) is 77.4 Å². The average Bonchev–Trinajstić information content (AvgIpc) is 3.88. The minimum atomic E-state index is -0.727. The molecule has 3 amide bonds. The van der Waals surface area contributed by atoms with Crippen molar-refractivity contribution >= 4 is 45.9 Å². The fraction of sp³-hybridized carbons (Fsp3) is 0.500. The summed E-state index contributed by atoms with van der Waals surface area (Å²) in [5.41, 5.74) is 4.61. The molecule has 5 aliphatic rings. The first kappa shape index (κ1) is 39.8. The summed E-state index contributed by atoms with van der Waals surface area (Å²) in [4.78, 5) is 88.3. The number of imide groups is 1. The fourth-order valence-electron chi connectivity index (χ4n) is 9.78. The molecule has 0 spiro atoms. The molecule has 1 N–H and O–H groups in total. The van der Waals surface area contributed by atoms with Gasteiger partial charge in [0, 0.05) is 107 Å². The number of nitrogens with one attached hydrogen (secondary N) is 1. The standard InChI is InChI=1S/C44H51FN10O5/c1-27-34-25-47-38(48-41(34)55(31-5-3-4-6-31)44(60)40(27)28(2)56)22-30-7-8-32(24-46-30)52-17-13-50(14-18-52)11-12-51-15-19-53(20-16-51)37-21-29-26-54(43(59)33(29)23-35(37)45)36-9-10-39(57)49-42(36)58/h7-8,21,23-25,31,36H,3-6,9-20,22,26H2,1-2H3,(H,49,57,58). The van der Waals surface area contributed by atoms with Crippen molar-refractivity contribution in [3.63, 3.8) is 0 Å². The normalized spacial score (nSPS) is 20.7. The molecular formula is C44H51FN10O5. The predicted octanol–water partition coefficient (Wildman–Crippen LogP) is 3.25. The number of carbonyl (C=O) groups is 4. The average molecular weight is 819 g/mol. The van der Waals surface area contributed by atoms with Gasteiger partial charge in [-0.1, -0.05) is 12.8 Å². The molecule has 4 aliphatic heterocycles. The molecule has 60 heavy (non-hydrogen) atoms. The zero-order chi connectivity index (χ0) is 41.7. The van der Waals surface area contributed by atoms with Crippen LogP contribution in [0.1, 0.15) is 94.9 Å². The molecule has 9 rings (SSSR count). The van der Waals surface area contributed by atoms with Gasteiger partial charge in [0.05, 0.1) is 29.6 Å². The van der Waals surface area contributed by atoms with E-state index >= 15 is 4.39 Å². The molecule has 4 aromatic rings. The number of amides is 3. The highest BCUT2D eigenvalue weighted by Gasteiger charge is 2.40. The largest absolute Gasteiger partial charge is 0.368 e. The minimum Gasteiger partial charge on any atom is -0.368 e. The van der Waals surface area contributed by atoms with E-state index in [1.165, 1.54) is 17.9 Å². The zero-order valence-corrected chi connectivity index (χ0v) is 34.3. The highest BCUT2D eigenvalue weighted by Crippen LogP contribution is 2.34. The van der Waals surface area contributed by atoms with Gasteiger partial charge in [0.15, 0.2) is 5.78 Å². The van der Waals surface area contributed by atoms with E-state index in [0.717, 1.165) is 94.8 Å². The van der Waals surface area contributed by atoms with Gasteiger partial charge in [0.25, 0.3) is 11.5 Å². The third-order valence-electron chi connectivity index (χ3n) is 13.2. The van der Waals surface area contributed by atoms with Crippen LogP contribution in [-0.2, 0) is 22.6 Å². The molecule has 7 heterocycles. The van der Waals surface area contributed by atoms with Gasteiger partial charge in [-0.15, -0.1) is 0 Å². The number of carbonyl (C=O) groups excluding carboxylic acids is 4. The summed E-state index contributed by atoms with van der Waals surface area (Å²) >= 11 is 0. The van der Waals surface area contributed by atoms with E-state index in [1.54, 1.807) is 16.8 Å². The number of hydrogen-bond acceptors (Lipinski definition) is 12. The molecule has 314 valence electrons. The third kappa shape index (κ3) is 7.66. The molecule has 1 aromatic carbocycles. The Morgan fingerprint density at radius 1 is 0.867 bits per heavy atom. The van der Waals surface area contributed by atoms with E-state index < -0.39 is 17.8 Å². The van der Waals surface area contributed by atoms with E-state index in [2.05, 4.69) is 31.1 Å². The number of halogens is 1. The third-order valence-corrected chi connectivity index (χ3v) is 13.2. The number of aryl methyl sites for hydroxylation is 1. The van der Waals surface area contributed by atoms with Gasteiger partial charge >= 0.3 is 0 Å². The topological polar surface area (TPSA) is 157 Å². The molecular weight excluding hydrogens is 768 g/mol. The lowest BCUT2D eigenvalue weighted by molar-refractivity contribution is -0.136. The van der Waals surface area contributed by atoms with Gasteiger partial charge in [-0.05, 0) is 68.5 Å². The quantitative estimate of drug-likeness (QED) is 0.185. The van der Waals surface area contributed by atoms with Crippen molar-refractivity contribution in [1.82, 2.24) is 39.5 Å². The number of hydrogen-bond donors (Lipinski definition) is 1. The maximum Gasteiger partial charge on any atom is 0.263 e. The lowest BCUT2D eigenvalue weighted by Crippen LogP contribution is -2.52. The summed E-state index contributed by atoms with van der Waals surface area (Å²) in [6.45, 7) is 12.0. The van der Waals surface area contributed by atoms with Crippen LogP contribution in [0.25, 0.3) is 11.0 Å². The minimum absolute atomic E-state index is 0.0321. The number of pyridine rings is 2. The molecule has 15 nitrogen and oxygen atoms in total. The highest BCUT2D eigenvalue weighted by molar-refractivity contribution is 6.05. The van der Waals surface area contributed by atoms with E-state index in [9.17, 15) is 24.0 Å². The number of aromatic nitrogens is 4. The molecule has 1 atom stereocenters. The van der Waals surface area contributed by atoms with Gasteiger partial charge in [0.2, 0.25) is 11.8 Å². The van der Waals surface area contributed by atoms with Crippen molar-refractivity contribution in [3.8, 4) is 0 Å². The van der Waals surface area contributed by atoms with E-state index in [-0.39, 0.29) is 59.7 Å². The number of piperidine rings is 1. The molecule has 1 aliphatic carbocycles. The molecule has 0 bridgehead atoms. The van der Waals surface area contributed by atoms with Crippen molar-refractivity contribution in [2.24, 2.45) is 0 Å². The maximum atomic E-state index is 15.4. The molecule has 16 heteroatoms. The Bertz CT molecular complexity index is 2420. The van der Waals surface area contributed by atoms with Crippen LogP contribution in [0.5, 0.6) is 0 Å². The second-order valence-electron chi connectivity index (χ2n) is 16.9. The number of piperazine rings is 2. The van der Waals surface area contributed by atoms with Gasteiger partial charge < -0.3 is 14.7 Å². The van der Waals surface area contributed by atoms with Crippen LogP contribution in [0, 0.1) is 12.7 Å². The Labute approximate surface area is 347 Å². The molecule has 4 fully saturated rings. The molecule has 0 radical (unpaired) electrons. The molecule has 1 unspecified atom stereocenters. The lowest BCUT2D eigenvalue weighted by atomic mass is 10.0. The SMILES string of the molecule is CC(=O)c1c(C)c2cnc(Cc3ccc(N4CCN(CCN5CCN(c6cc7c(cc6F)C(=O)N(C6CCC(=O)NC6=O)C7)CC5)CC4)cn3)nc2n(C2CCCC2)c1=O. The van der Waals surface area contributed by atoms with Gasteiger partial charge in [-0.2, -0.15) is 0 Å². The van der Waals surface area contributed by atoms with E-state index in [0.29, 0.717) is 47.8 Å². The summed E-state index contributed by atoms with van der Waals surface area (Å²) in [6, 6.07) is 6.50. The number of rotatable bonds is 10.